The largest absolute Gasteiger partial charge is 0.383 e. The van der Waals surface area contributed by atoms with Crippen LogP contribution in [0.25, 0.3) is 0 Å². The van der Waals surface area contributed by atoms with Gasteiger partial charge in [-0.25, -0.2) is 4.98 Å². The molecule has 1 aromatic heterocycles. The zero-order valence-corrected chi connectivity index (χ0v) is 9.54. The summed E-state index contributed by atoms with van der Waals surface area (Å²) in [5, 5.41) is 0. The normalized spacial score (nSPS) is 16.1. The number of fused-ring (bicyclic) bond motifs is 1. The molecule has 0 radical (unpaired) electrons. The van der Waals surface area contributed by atoms with Crippen LogP contribution in [0.2, 0.25) is 19.6 Å². The van der Waals surface area contributed by atoms with Gasteiger partial charge in [0.05, 0.1) is 0 Å². The third-order valence-corrected chi connectivity index (χ3v) is 4.59. The Kier molecular flexibility index (Phi) is 1.91. The summed E-state index contributed by atoms with van der Waals surface area (Å²) in [6.45, 7) is 8.28. The van der Waals surface area contributed by atoms with E-state index in [1.54, 1.807) is 0 Å². The van der Waals surface area contributed by atoms with Crippen molar-refractivity contribution in [3.05, 3.63) is 23.9 Å². The summed E-state index contributed by atoms with van der Waals surface area (Å²) < 4.78 is 2.52. The number of aromatic nitrogens is 1. The van der Waals surface area contributed by atoms with Gasteiger partial charge in [-0.2, -0.15) is 0 Å². The van der Waals surface area contributed by atoms with Crippen LogP contribution in [0.4, 0.5) is 5.82 Å². The lowest BCUT2D eigenvalue weighted by Crippen LogP contribution is -2.45. The maximum atomic E-state index is 4.47. The van der Waals surface area contributed by atoms with E-state index < -0.39 is 8.24 Å². The predicted molar refractivity (Wildman–Crippen MR) is 58.6 cm³/mol. The van der Waals surface area contributed by atoms with Gasteiger partial charge in [-0.15, -0.1) is 0 Å². The average Bonchev–Trinajstić information content (AvgIpc) is 2.45. The topological polar surface area (TPSA) is 16.1 Å². The van der Waals surface area contributed by atoms with Gasteiger partial charge in [-0.1, -0.05) is 25.7 Å². The fourth-order valence-corrected chi connectivity index (χ4v) is 3.48. The molecule has 70 valence electrons. The summed E-state index contributed by atoms with van der Waals surface area (Å²) in [5.74, 6) is 1.24. The Bertz CT molecular complexity index is 317. The molecule has 0 unspecified atom stereocenters. The van der Waals surface area contributed by atoms with Gasteiger partial charge < -0.3 is 4.57 Å². The van der Waals surface area contributed by atoms with Crippen molar-refractivity contribution in [3.8, 4) is 0 Å². The average molecular weight is 192 g/mol. The number of pyridine rings is 1. The highest BCUT2D eigenvalue weighted by atomic mass is 28.3. The molecule has 1 aliphatic heterocycles. The highest BCUT2D eigenvalue weighted by molar-refractivity contribution is 6.79. The minimum absolute atomic E-state index is 1.17. The van der Waals surface area contributed by atoms with Crippen LogP contribution in [0.15, 0.2) is 18.3 Å². The Morgan fingerprint density at radius 3 is 2.85 bits per heavy atom. The maximum absolute atomic E-state index is 4.47. The second-order valence-corrected chi connectivity index (χ2v) is 9.44. The number of anilines is 1. The zero-order valence-electron chi connectivity index (χ0n) is 8.54. The van der Waals surface area contributed by atoms with Gasteiger partial charge in [0.25, 0.3) is 0 Å². The molecule has 1 aliphatic rings. The summed E-state index contributed by atoms with van der Waals surface area (Å²) in [4.78, 5) is 4.47. The van der Waals surface area contributed by atoms with Crippen LogP contribution in [-0.4, -0.2) is 19.8 Å². The molecule has 2 nitrogen and oxygen atoms in total. The molecule has 0 N–H and O–H groups in total. The molecule has 0 amide bonds. The number of rotatable bonds is 1. The Balaban J connectivity index is 2.39. The molecule has 13 heavy (non-hydrogen) atoms. The Hall–Kier alpha value is -0.833. The fraction of sp³-hybridized carbons (Fsp3) is 0.500. The van der Waals surface area contributed by atoms with Crippen molar-refractivity contribution in [2.24, 2.45) is 0 Å². The van der Waals surface area contributed by atoms with Crippen LogP contribution in [0.1, 0.15) is 5.56 Å². The first-order valence-corrected chi connectivity index (χ1v) is 8.25. The van der Waals surface area contributed by atoms with Crippen molar-refractivity contribution in [1.82, 2.24) is 4.98 Å². The van der Waals surface area contributed by atoms with Crippen LogP contribution < -0.4 is 4.57 Å². The molecule has 0 aliphatic carbocycles. The lowest BCUT2D eigenvalue weighted by Gasteiger charge is -2.31. The Morgan fingerprint density at radius 2 is 2.15 bits per heavy atom. The van der Waals surface area contributed by atoms with Gasteiger partial charge >= 0.3 is 0 Å². The molecule has 2 rings (SSSR count). The van der Waals surface area contributed by atoms with Crippen LogP contribution in [0, 0.1) is 0 Å². The van der Waals surface area contributed by atoms with Crippen LogP contribution in [-0.2, 0) is 6.42 Å². The predicted octanol–water partition coefficient (Wildman–Crippen LogP) is 2.28. The molecule has 0 aromatic carbocycles. The van der Waals surface area contributed by atoms with Gasteiger partial charge in [0.2, 0.25) is 0 Å². The fourth-order valence-electron chi connectivity index (χ4n) is 1.86. The van der Waals surface area contributed by atoms with Crippen molar-refractivity contribution < 1.29 is 0 Å². The molecule has 2 heterocycles. The van der Waals surface area contributed by atoms with E-state index in [4.69, 9.17) is 0 Å². The van der Waals surface area contributed by atoms with E-state index in [0.29, 0.717) is 0 Å². The number of hydrogen-bond donors (Lipinski definition) is 0. The molecule has 0 saturated heterocycles. The van der Waals surface area contributed by atoms with Gasteiger partial charge in [0.15, 0.2) is 0 Å². The summed E-state index contributed by atoms with van der Waals surface area (Å²) >= 11 is 0. The molecule has 0 atom stereocenters. The summed E-state index contributed by atoms with van der Waals surface area (Å²) in [6, 6.07) is 4.23. The molecule has 0 bridgehead atoms. The quantitative estimate of drug-likeness (QED) is 0.635. The van der Waals surface area contributed by atoms with Gasteiger partial charge in [0.1, 0.15) is 14.1 Å². The van der Waals surface area contributed by atoms with E-state index in [1.807, 2.05) is 12.3 Å². The van der Waals surface area contributed by atoms with Crippen molar-refractivity contribution in [2.45, 2.75) is 26.1 Å². The molecule has 0 saturated carbocycles. The molecule has 0 fully saturated rings. The minimum Gasteiger partial charge on any atom is -0.383 e. The van der Waals surface area contributed by atoms with E-state index in [0.717, 1.165) is 0 Å². The van der Waals surface area contributed by atoms with Crippen molar-refractivity contribution in [3.63, 3.8) is 0 Å². The summed E-state index contributed by atoms with van der Waals surface area (Å²) in [5.41, 5.74) is 1.42. The highest BCUT2D eigenvalue weighted by Crippen LogP contribution is 2.29. The molecule has 0 spiro atoms. The van der Waals surface area contributed by atoms with Gasteiger partial charge in [-0.3, -0.25) is 0 Å². The summed E-state index contributed by atoms with van der Waals surface area (Å²) in [7, 11) is -1.20. The summed E-state index contributed by atoms with van der Waals surface area (Å²) in [6.07, 6.45) is 3.07. The van der Waals surface area contributed by atoms with Gasteiger partial charge in [0, 0.05) is 12.7 Å². The van der Waals surface area contributed by atoms with Crippen molar-refractivity contribution in [1.29, 1.82) is 0 Å². The van der Waals surface area contributed by atoms with Crippen molar-refractivity contribution >= 4 is 14.1 Å². The highest BCUT2D eigenvalue weighted by Gasteiger charge is 2.30. The van der Waals surface area contributed by atoms with Crippen LogP contribution in [0.5, 0.6) is 0 Å². The maximum Gasteiger partial charge on any atom is 0.149 e. The first-order valence-electron chi connectivity index (χ1n) is 4.80. The van der Waals surface area contributed by atoms with E-state index >= 15 is 0 Å². The molecular weight excluding hydrogens is 176 g/mol. The molecule has 1 aromatic rings. The second kappa shape index (κ2) is 2.84. The standard InChI is InChI=1S/C10H16N2Si/c1-13(2,3)12-8-6-9-5-4-7-11-10(9)12/h4-5,7H,6,8H2,1-3H3. The van der Waals surface area contributed by atoms with Crippen LogP contribution >= 0.6 is 0 Å². The minimum atomic E-state index is -1.20. The first kappa shape index (κ1) is 8.75. The van der Waals surface area contributed by atoms with Crippen LogP contribution in [0.3, 0.4) is 0 Å². The lowest BCUT2D eigenvalue weighted by molar-refractivity contribution is 1.01. The molecule has 3 heteroatoms. The van der Waals surface area contributed by atoms with E-state index in [1.165, 1.54) is 24.3 Å². The van der Waals surface area contributed by atoms with E-state index in [9.17, 15) is 0 Å². The third-order valence-electron chi connectivity index (χ3n) is 2.54. The monoisotopic (exact) mass is 192 g/mol. The lowest BCUT2D eigenvalue weighted by atomic mass is 10.2. The smallest absolute Gasteiger partial charge is 0.149 e. The van der Waals surface area contributed by atoms with Gasteiger partial charge in [-0.05, 0) is 18.1 Å². The molecular formula is C10H16N2Si. The number of nitrogens with zero attached hydrogens (tertiary/aromatic N) is 2. The second-order valence-electron chi connectivity index (χ2n) is 4.56. The Labute approximate surface area is 80.7 Å². The Morgan fingerprint density at radius 1 is 1.38 bits per heavy atom. The van der Waals surface area contributed by atoms with E-state index in [2.05, 4.69) is 35.3 Å². The zero-order chi connectivity index (χ0) is 9.47. The van der Waals surface area contributed by atoms with E-state index in [-0.39, 0.29) is 0 Å². The SMILES string of the molecule is C[Si](C)(C)N1CCc2cccnc21. The third kappa shape index (κ3) is 1.48. The first-order chi connectivity index (χ1) is 6.09. The van der Waals surface area contributed by atoms with Crippen molar-refractivity contribution in [2.75, 3.05) is 11.1 Å². The number of hydrogen-bond acceptors (Lipinski definition) is 2.